The van der Waals surface area contributed by atoms with Crippen molar-refractivity contribution in [2.45, 2.75) is 4.90 Å². The minimum atomic E-state index is -3.64. The van der Waals surface area contributed by atoms with Crippen LogP contribution in [0.4, 0.5) is 0 Å². The van der Waals surface area contributed by atoms with E-state index < -0.39 is 10.0 Å². The van der Waals surface area contributed by atoms with Gasteiger partial charge in [-0.1, -0.05) is 42.5 Å². The van der Waals surface area contributed by atoms with Gasteiger partial charge >= 0.3 is 0 Å². The molecule has 0 atom stereocenters. The van der Waals surface area contributed by atoms with Crippen LogP contribution in [-0.4, -0.2) is 64.6 Å². The van der Waals surface area contributed by atoms with Crippen LogP contribution in [0.25, 0.3) is 6.08 Å². The summed E-state index contributed by atoms with van der Waals surface area (Å²) in [5.74, 6) is 0.818. The van der Waals surface area contributed by atoms with Gasteiger partial charge in [0.05, 0.1) is 14.2 Å². The maximum Gasteiger partial charge on any atom is 0.246 e. The third-order valence-corrected chi connectivity index (χ3v) is 6.71. The molecule has 0 bridgehead atoms. The molecule has 0 N–H and O–H groups in total. The van der Waals surface area contributed by atoms with Gasteiger partial charge in [-0.3, -0.25) is 4.90 Å². The van der Waals surface area contributed by atoms with Crippen LogP contribution >= 0.6 is 0 Å². The summed E-state index contributed by atoms with van der Waals surface area (Å²) >= 11 is 0. The van der Waals surface area contributed by atoms with E-state index in [0.29, 0.717) is 37.7 Å². The first-order valence-corrected chi connectivity index (χ1v) is 10.6. The predicted molar refractivity (Wildman–Crippen MR) is 110 cm³/mol. The van der Waals surface area contributed by atoms with Gasteiger partial charge in [-0.05, 0) is 17.7 Å². The van der Waals surface area contributed by atoms with Gasteiger partial charge in [-0.15, -0.1) is 0 Å². The highest BCUT2D eigenvalue weighted by Crippen LogP contribution is 2.31. The van der Waals surface area contributed by atoms with E-state index in [0.717, 1.165) is 12.1 Å². The summed E-state index contributed by atoms with van der Waals surface area (Å²) in [5.41, 5.74) is 1.16. The number of rotatable bonds is 7. The van der Waals surface area contributed by atoms with Crippen molar-refractivity contribution >= 4 is 16.1 Å². The largest absolute Gasteiger partial charge is 0.497 e. The topological polar surface area (TPSA) is 59.1 Å². The molecule has 3 rings (SSSR count). The monoisotopic (exact) mass is 402 g/mol. The smallest absolute Gasteiger partial charge is 0.246 e. The highest BCUT2D eigenvalue weighted by molar-refractivity contribution is 7.89. The number of nitrogens with zero attached hydrogens (tertiary/aromatic N) is 2. The van der Waals surface area contributed by atoms with Crippen LogP contribution < -0.4 is 9.47 Å². The van der Waals surface area contributed by atoms with Crippen LogP contribution in [0.15, 0.2) is 59.5 Å². The lowest BCUT2D eigenvalue weighted by atomic mass is 10.2. The number of piperazine rings is 1. The Morgan fingerprint density at radius 2 is 1.68 bits per heavy atom. The molecule has 0 aliphatic carbocycles. The maximum absolute atomic E-state index is 13.1. The lowest BCUT2D eigenvalue weighted by Gasteiger charge is -2.33. The molecule has 1 heterocycles. The molecule has 1 saturated heterocycles. The first kappa shape index (κ1) is 20.4. The number of methoxy groups -OCH3 is 2. The summed E-state index contributed by atoms with van der Waals surface area (Å²) in [4.78, 5) is 2.39. The summed E-state index contributed by atoms with van der Waals surface area (Å²) in [6.07, 6.45) is 4.20. The fraction of sp³-hybridized carbons (Fsp3) is 0.333. The van der Waals surface area contributed by atoms with E-state index in [2.05, 4.69) is 29.2 Å². The molecule has 1 fully saturated rings. The lowest BCUT2D eigenvalue weighted by molar-refractivity contribution is 0.204. The summed E-state index contributed by atoms with van der Waals surface area (Å²) < 4.78 is 38.2. The minimum absolute atomic E-state index is 0.145. The summed E-state index contributed by atoms with van der Waals surface area (Å²) in [6.45, 7) is 3.06. The van der Waals surface area contributed by atoms with E-state index in [9.17, 15) is 8.42 Å². The molecule has 1 aliphatic rings. The normalized spacial score (nSPS) is 16.4. The molecule has 2 aromatic rings. The van der Waals surface area contributed by atoms with Crippen molar-refractivity contribution in [3.8, 4) is 11.5 Å². The van der Waals surface area contributed by atoms with Crippen LogP contribution in [0.3, 0.4) is 0 Å². The molecule has 0 spiro atoms. The third kappa shape index (κ3) is 4.73. The zero-order valence-corrected chi connectivity index (χ0v) is 17.1. The van der Waals surface area contributed by atoms with E-state index in [1.807, 2.05) is 18.2 Å². The molecule has 7 heteroatoms. The number of hydrogen-bond acceptors (Lipinski definition) is 5. The molecule has 28 heavy (non-hydrogen) atoms. The fourth-order valence-corrected chi connectivity index (χ4v) is 4.77. The van der Waals surface area contributed by atoms with Crippen molar-refractivity contribution in [2.24, 2.45) is 0 Å². The standard InChI is InChI=1S/C21H26N2O4S/c1-26-19-10-11-20(27-2)21(17-19)28(24,25)23-15-13-22(14-16-23)12-6-9-18-7-4-3-5-8-18/h3-11,17H,12-16H2,1-2H3. The highest BCUT2D eigenvalue weighted by atomic mass is 32.2. The number of hydrogen-bond donors (Lipinski definition) is 0. The number of sulfonamides is 1. The van der Waals surface area contributed by atoms with Crippen molar-refractivity contribution in [3.05, 3.63) is 60.2 Å². The molecule has 0 radical (unpaired) electrons. The van der Waals surface area contributed by atoms with Gasteiger partial charge in [0.15, 0.2) is 0 Å². The third-order valence-electron chi connectivity index (χ3n) is 4.79. The van der Waals surface area contributed by atoms with Crippen molar-refractivity contribution in [3.63, 3.8) is 0 Å². The molecule has 150 valence electrons. The van der Waals surface area contributed by atoms with Crippen LogP contribution in [0.2, 0.25) is 0 Å². The van der Waals surface area contributed by atoms with Gasteiger partial charge in [0.25, 0.3) is 0 Å². The lowest BCUT2D eigenvalue weighted by Crippen LogP contribution is -2.48. The van der Waals surface area contributed by atoms with Crippen molar-refractivity contribution < 1.29 is 17.9 Å². The SMILES string of the molecule is COc1ccc(OC)c(S(=O)(=O)N2CCN(CC=Cc3ccccc3)CC2)c1. The average molecular weight is 403 g/mol. The second-order valence-electron chi connectivity index (χ2n) is 6.53. The van der Waals surface area contributed by atoms with E-state index in [4.69, 9.17) is 9.47 Å². The van der Waals surface area contributed by atoms with E-state index in [1.54, 1.807) is 12.1 Å². The van der Waals surface area contributed by atoms with E-state index in [1.165, 1.54) is 24.6 Å². The Morgan fingerprint density at radius 3 is 2.32 bits per heavy atom. The quantitative estimate of drug-likeness (QED) is 0.713. The van der Waals surface area contributed by atoms with E-state index >= 15 is 0 Å². The molecular weight excluding hydrogens is 376 g/mol. The van der Waals surface area contributed by atoms with Gasteiger partial charge < -0.3 is 9.47 Å². The van der Waals surface area contributed by atoms with Gasteiger partial charge in [0.1, 0.15) is 16.4 Å². The Morgan fingerprint density at radius 1 is 0.964 bits per heavy atom. The Labute approximate surface area is 167 Å². The molecule has 0 saturated carbocycles. The first-order chi connectivity index (χ1) is 13.5. The Balaban J connectivity index is 1.63. The molecule has 2 aromatic carbocycles. The van der Waals surface area contributed by atoms with E-state index in [-0.39, 0.29) is 4.90 Å². The van der Waals surface area contributed by atoms with Gasteiger partial charge in [0, 0.05) is 38.8 Å². The first-order valence-electron chi connectivity index (χ1n) is 9.20. The van der Waals surface area contributed by atoms with Gasteiger partial charge in [-0.25, -0.2) is 8.42 Å². The maximum atomic E-state index is 13.1. The Bertz CT molecular complexity index is 905. The second kappa shape index (κ2) is 9.23. The predicted octanol–water partition coefficient (Wildman–Crippen LogP) is 2.72. The second-order valence-corrected chi connectivity index (χ2v) is 8.44. The molecular formula is C21H26N2O4S. The van der Waals surface area contributed by atoms with Gasteiger partial charge in [0.2, 0.25) is 10.0 Å². The molecule has 6 nitrogen and oxygen atoms in total. The average Bonchev–Trinajstić information content (AvgIpc) is 2.74. The van der Waals surface area contributed by atoms with Crippen molar-refractivity contribution in [1.82, 2.24) is 9.21 Å². The Kier molecular flexibility index (Phi) is 6.72. The summed E-state index contributed by atoms with van der Waals surface area (Å²) in [5, 5.41) is 0. The molecule has 1 aliphatic heterocycles. The molecule has 0 aromatic heterocycles. The van der Waals surface area contributed by atoms with Crippen LogP contribution in [0, 0.1) is 0 Å². The van der Waals surface area contributed by atoms with Crippen LogP contribution in [0.5, 0.6) is 11.5 Å². The van der Waals surface area contributed by atoms with Crippen LogP contribution in [-0.2, 0) is 10.0 Å². The number of ether oxygens (including phenoxy) is 2. The van der Waals surface area contributed by atoms with Gasteiger partial charge in [-0.2, -0.15) is 4.31 Å². The van der Waals surface area contributed by atoms with Crippen molar-refractivity contribution in [1.29, 1.82) is 0 Å². The summed E-state index contributed by atoms with van der Waals surface area (Å²) in [6, 6.07) is 15.0. The zero-order chi connectivity index (χ0) is 20.0. The fourth-order valence-electron chi connectivity index (χ4n) is 3.18. The minimum Gasteiger partial charge on any atom is -0.497 e. The Hall–Kier alpha value is -2.35. The zero-order valence-electron chi connectivity index (χ0n) is 16.2. The molecule has 0 amide bonds. The molecule has 0 unspecified atom stereocenters. The highest BCUT2D eigenvalue weighted by Gasteiger charge is 2.31. The van der Waals surface area contributed by atoms with Crippen molar-refractivity contribution in [2.75, 3.05) is 46.9 Å². The number of benzene rings is 2. The summed E-state index contributed by atoms with van der Waals surface area (Å²) in [7, 11) is -0.657. The van der Waals surface area contributed by atoms with Crippen LogP contribution in [0.1, 0.15) is 5.56 Å².